The Labute approximate surface area is 131 Å². The summed E-state index contributed by atoms with van der Waals surface area (Å²) >= 11 is 0. The predicted octanol–water partition coefficient (Wildman–Crippen LogP) is 3.74. The first kappa shape index (κ1) is 17.7. The molecule has 0 spiro atoms. The van der Waals surface area contributed by atoms with E-state index in [9.17, 15) is 27.5 Å². The number of benzene rings is 1. The van der Waals surface area contributed by atoms with E-state index in [1.807, 2.05) is 25.7 Å². The van der Waals surface area contributed by atoms with Crippen LogP contribution in [0, 0.1) is 11.7 Å². The summed E-state index contributed by atoms with van der Waals surface area (Å²) in [7, 11) is 0. The minimum Gasteiger partial charge on any atom is -0.481 e. The zero-order chi connectivity index (χ0) is 17.6. The predicted molar refractivity (Wildman–Crippen MR) is 76.6 cm³/mol. The fourth-order valence-electron chi connectivity index (χ4n) is 2.93. The summed E-state index contributed by atoms with van der Waals surface area (Å²) in [6.07, 6.45) is -4.67. The molecular formula is C16H19F4NO2. The molecule has 0 aliphatic carbocycles. The van der Waals surface area contributed by atoms with Gasteiger partial charge in [-0.2, -0.15) is 13.2 Å². The molecule has 2 rings (SSSR count). The summed E-state index contributed by atoms with van der Waals surface area (Å²) in [6, 6.07) is 2.29. The highest BCUT2D eigenvalue weighted by atomic mass is 19.4. The van der Waals surface area contributed by atoms with Crippen LogP contribution < -0.4 is 0 Å². The third-order valence-corrected chi connectivity index (χ3v) is 4.26. The molecule has 1 aliphatic heterocycles. The maximum Gasteiger partial charge on any atom is 0.416 e. The first-order valence-electron chi connectivity index (χ1n) is 7.25. The first-order chi connectivity index (χ1) is 10.4. The van der Waals surface area contributed by atoms with Crippen molar-refractivity contribution in [3.63, 3.8) is 0 Å². The van der Waals surface area contributed by atoms with Gasteiger partial charge in [0.05, 0.1) is 11.5 Å². The highest BCUT2D eigenvalue weighted by Crippen LogP contribution is 2.39. The van der Waals surface area contributed by atoms with Crippen LogP contribution in [0.15, 0.2) is 18.2 Å². The lowest BCUT2D eigenvalue weighted by atomic mass is 9.88. The molecule has 1 heterocycles. The molecule has 1 aromatic rings. The zero-order valence-electron chi connectivity index (χ0n) is 13.1. The minimum atomic E-state index is -4.67. The monoisotopic (exact) mass is 333 g/mol. The topological polar surface area (TPSA) is 40.5 Å². The molecule has 2 atom stereocenters. The summed E-state index contributed by atoms with van der Waals surface area (Å²) in [5.74, 6) is -3.63. The molecule has 1 N–H and O–H groups in total. The van der Waals surface area contributed by atoms with Crippen LogP contribution in [0.25, 0.3) is 0 Å². The van der Waals surface area contributed by atoms with E-state index in [4.69, 9.17) is 0 Å². The Morgan fingerprint density at radius 2 is 1.78 bits per heavy atom. The highest BCUT2D eigenvalue weighted by Gasteiger charge is 2.43. The van der Waals surface area contributed by atoms with Crippen LogP contribution in [-0.2, 0) is 11.0 Å². The molecule has 128 valence electrons. The lowest BCUT2D eigenvalue weighted by molar-refractivity contribution is -0.141. The second-order valence-electron chi connectivity index (χ2n) is 6.90. The molecule has 0 radical (unpaired) electrons. The van der Waals surface area contributed by atoms with Gasteiger partial charge in [-0.05, 0) is 44.5 Å². The number of nitrogens with zero attached hydrogens (tertiary/aromatic N) is 1. The summed E-state index contributed by atoms with van der Waals surface area (Å²) in [5.41, 5.74) is -1.33. The lowest BCUT2D eigenvalue weighted by Gasteiger charge is -2.31. The Bertz CT molecular complexity index is 607. The van der Waals surface area contributed by atoms with Crippen LogP contribution in [0.1, 0.15) is 37.8 Å². The summed E-state index contributed by atoms with van der Waals surface area (Å²) in [4.78, 5) is 13.4. The normalized spacial score (nSPS) is 23.3. The standard InChI is InChI=1S/C16H19F4NO2/c1-15(2,3)21-7-12(13(8-21)14(22)23)9-4-10(16(18,19)20)6-11(17)5-9/h4-6,12-13H,7-8H2,1-3H3,(H,22,23)/t12-,13+/m0/s1. The van der Waals surface area contributed by atoms with Crippen molar-refractivity contribution in [3.05, 3.63) is 35.1 Å². The second kappa shape index (κ2) is 5.78. The van der Waals surface area contributed by atoms with E-state index in [-0.39, 0.29) is 24.2 Å². The smallest absolute Gasteiger partial charge is 0.416 e. The third kappa shape index (κ3) is 3.83. The maximum atomic E-state index is 13.6. The van der Waals surface area contributed by atoms with E-state index >= 15 is 0 Å². The van der Waals surface area contributed by atoms with E-state index in [0.717, 1.165) is 12.1 Å². The van der Waals surface area contributed by atoms with Crippen molar-refractivity contribution in [3.8, 4) is 0 Å². The van der Waals surface area contributed by atoms with Gasteiger partial charge in [-0.3, -0.25) is 9.69 Å². The van der Waals surface area contributed by atoms with E-state index in [1.54, 1.807) is 0 Å². The number of carboxylic acid groups (broad SMARTS) is 1. The van der Waals surface area contributed by atoms with Gasteiger partial charge in [0, 0.05) is 24.5 Å². The maximum absolute atomic E-state index is 13.6. The Kier molecular flexibility index (Phi) is 4.45. The third-order valence-electron chi connectivity index (χ3n) is 4.26. The Morgan fingerprint density at radius 3 is 2.26 bits per heavy atom. The van der Waals surface area contributed by atoms with Crippen LogP contribution in [0.3, 0.4) is 0 Å². The highest BCUT2D eigenvalue weighted by molar-refractivity contribution is 5.72. The van der Waals surface area contributed by atoms with Crippen molar-refractivity contribution in [1.29, 1.82) is 0 Å². The number of hydrogen-bond acceptors (Lipinski definition) is 2. The van der Waals surface area contributed by atoms with E-state index < -0.39 is 35.4 Å². The van der Waals surface area contributed by atoms with E-state index in [1.165, 1.54) is 0 Å². The fraction of sp³-hybridized carbons (Fsp3) is 0.562. The van der Waals surface area contributed by atoms with Crippen LogP contribution in [-0.4, -0.2) is 34.6 Å². The van der Waals surface area contributed by atoms with Crippen LogP contribution >= 0.6 is 0 Å². The van der Waals surface area contributed by atoms with Gasteiger partial charge < -0.3 is 5.11 Å². The molecule has 0 bridgehead atoms. The number of halogens is 4. The summed E-state index contributed by atoms with van der Waals surface area (Å²) in [5, 5.41) is 9.38. The molecule has 1 aromatic carbocycles. The Hall–Kier alpha value is -1.63. The minimum absolute atomic E-state index is 0.0801. The van der Waals surface area contributed by atoms with Gasteiger partial charge >= 0.3 is 12.1 Å². The number of alkyl halides is 3. The van der Waals surface area contributed by atoms with Crippen LogP contribution in [0.4, 0.5) is 17.6 Å². The number of likely N-dealkylation sites (tertiary alicyclic amines) is 1. The quantitative estimate of drug-likeness (QED) is 0.838. The molecule has 23 heavy (non-hydrogen) atoms. The molecule has 0 saturated carbocycles. The van der Waals surface area contributed by atoms with Gasteiger partial charge in [-0.1, -0.05) is 0 Å². The zero-order valence-corrected chi connectivity index (χ0v) is 13.1. The molecule has 3 nitrogen and oxygen atoms in total. The second-order valence-corrected chi connectivity index (χ2v) is 6.90. The largest absolute Gasteiger partial charge is 0.481 e. The van der Waals surface area contributed by atoms with Crippen molar-refractivity contribution in [2.45, 2.75) is 38.4 Å². The molecule has 1 saturated heterocycles. The number of rotatable bonds is 2. The van der Waals surface area contributed by atoms with Crippen molar-refractivity contribution in [2.75, 3.05) is 13.1 Å². The number of aliphatic carboxylic acids is 1. The average Bonchev–Trinajstić information content (AvgIpc) is 2.81. The van der Waals surface area contributed by atoms with Gasteiger partial charge in [-0.15, -0.1) is 0 Å². The van der Waals surface area contributed by atoms with Gasteiger partial charge in [0.2, 0.25) is 0 Å². The van der Waals surface area contributed by atoms with Gasteiger partial charge in [0.15, 0.2) is 0 Å². The molecule has 0 unspecified atom stereocenters. The van der Waals surface area contributed by atoms with Crippen LogP contribution in [0.2, 0.25) is 0 Å². The van der Waals surface area contributed by atoms with Gasteiger partial charge in [-0.25, -0.2) is 4.39 Å². The van der Waals surface area contributed by atoms with Gasteiger partial charge in [0.25, 0.3) is 0 Å². The van der Waals surface area contributed by atoms with Crippen LogP contribution in [0.5, 0.6) is 0 Å². The number of carbonyl (C=O) groups is 1. The van der Waals surface area contributed by atoms with Crippen molar-refractivity contribution >= 4 is 5.97 Å². The van der Waals surface area contributed by atoms with E-state index in [0.29, 0.717) is 6.07 Å². The molecular weight excluding hydrogens is 314 g/mol. The Morgan fingerprint density at radius 1 is 1.17 bits per heavy atom. The molecule has 1 fully saturated rings. The molecule has 0 amide bonds. The van der Waals surface area contributed by atoms with E-state index in [2.05, 4.69) is 0 Å². The number of hydrogen-bond donors (Lipinski definition) is 1. The Balaban J connectivity index is 2.43. The van der Waals surface area contributed by atoms with Gasteiger partial charge in [0.1, 0.15) is 5.82 Å². The molecule has 0 aromatic heterocycles. The van der Waals surface area contributed by atoms with Crippen molar-refractivity contribution < 1.29 is 27.5 Å². The van der Waals surface area contributed by atoms with Crippen molar-refractivity contribution in [2.24, 2.45) is 5.92 Å². The lowest BCUT2D eigenvalue weighted by Crippen LogP contribution is -2.40. The van der Waals surface area contributed by atoms with Crippen molar-refractivity contribution in [1.82, 2.24) is 4.90 Å². The summed E-state index contributed by atoms with van der Waals surface area (Å²) in [6.45, 7) is 6.21. The molecule has 7 heteroatoms. The SMILES string of the molecule is CC(C)(C)N1C[C@@H](C(=O)O)[C@H](c2cc(F)cc(C(F)(F)F)c2)C1. The molecule has 1 aliphatic rings. The average molecular weight is 333 g/mol. The summed E-state index contributed by atoms with van der Waals surface area (Å²) < 4.78 is 52.2. The number of carboxylic acids is 1. The first-order valence-corrected chi connectivity index (χ1v) is 7.25. The fourth-order valence-corrected chi connectivity index (χ4v) is 2.93.